The van der Waals surface area contributed by atoms with Crippen LogP contribution in [0.2, 0.25) is 5.02 Å². The van der Waals surface area contributed by atoms with E-state index in [1.54, 1.807) is 48.5 Å². The Morgan fingerprint density at radius 3 is 2.58 bits per heavy atom. The second kappa shape index (κ2) is 9.73. The Morgan fingerprint density at radius 2 is 1.94 bits per heavy atom. The number of nitrogens with two attached hydrogens (primary N) is 1. The first-order chi connectivity index (χ1) is 14.9. The Hall–Kier alpha value is -3.91. The maximum atomic E-state index is 13.0. The summed E-state index contributed by atoms with van der Waals surface area (Å²) in [4.78, 5) is 35.9. The molecule has 9 heteroatoms. The van der Waals surface area contributed by atoms with Crippen LogP contribution < -0.4 is 16.4 Å². The molecule has 0 spiro atoms. The number of aromatic amines is 1. The largest absolute Gasteiger partial charge is 0.370 e. The molecule has 0 saturated heterocycles. The molecule has 0 aliphatic carbocycles. The van der Waals surface area contributed by atoms with Crippen molar-refractivity contribution < 1.29 is 14.4 Å². The lowest BCUT2D eigenvalue weighted by Gasteiger charge is -2.18. The van der Waals surface area contributed by atoms with Crippen LogP contribution in [0.25, 0.3) is 11.3 Å². The second-order valence-corrected chi connectivity index (χ2v) is 7.12. The van der Waals surface area contributed by atoms with Crippen molar-refractivity contribution in [2.24, 2.45) is 5.73 Å². The van der Waals surface area contributed by atoms with Crippen LogP contribution in [-0.4, -0.2) is 27.9 Å². The first kappa shape index (κ1) is 21.8. The van der Waals surface area contributed by atoms with E-state index < -0.39 is 17.9 Å². The topological polar surface area (TPSA) is 130 Å². The average Bonchev–Trinajstić information content (AvgIpc) is 3.23. The molecule has 3 aromatic rings. The summed E-state index contributed by atoms with van der Waals surface area (Å²) < 4.78 is 0. The number of hydrogen-bond acceptors (Lipinski definition) is 4. The predicted molar refractivity (Wildman–Crippen MR) is 118 cm³/mol. The van der Waals surface area contributed by atoms with Crippen molar-refractivity contribution >= 4 is 35.0 Å². The SMILES string of the molecule is C=CC(=O)Nc1ccc(-c2[nH]ncc2C(=O)N[C@@H](CC(N)=O)c2cccc(Cl)c2)cc1. The zero-order valence-corrected chi connectivity index (χ0v) is 17.1. The summed E-state index contributed by atoms with van der Waals surface area (Å²) in [7, 11) is 0. The molecule has 1 heterocycles. The van der Waals surface area contributed by atoms with Gasteiger partial charge in [-0.3, -0.25) is 19.5 Å². The number of hydrogen-bond donors (Lipinski definition) is 4. The van der Waals surface area contributed by atoms with Gasteiger partial charge in [-0.05, 0) is 35.9 Å². The number of nitrogens with one attached hydrogen (secondary N) is 3. The van der Waals surface area contributed by atoms with E-state index in [1.807, 2.05) is 0 Å². The minimum atomic E-state index is -0.650. The van der Waals surface area contributed by atoms with Crippen LogP contribution in [0.15, 0.2) is 67.4 Å². The van der Waals surface area contributed by atoms with Gasteiger partial charge in [0, 0.05) is 16.3 Å². The molecule has 8 nitrogen and oxygen atoms in total. The highest BCUT2D eigenvalue weighted by atomic mass is 35.5. The number of anilines is 1. The highest BCUT2D eigenvalue weighted by molar-refractivity contribution is 6.30. The lowest BCUT2D eigenvalue weighted by molar-refractivity contribution is -0.118. The van der Waals surface area contributed by atoms with Crippen molar-refractivity contribution in [3.63, 3.8) is 0 Å². The number of primary amides is 1. The molecule has 31 heavy (non-hydrogen) atoms. The molecule has 3 rings (SSSR count). The highest BCUT2D eigenvalue weighted by Gasteiger charge is 2.22. The Morgan fingerprint density at radius 1 is 1.19 bits per heavy atom. The quantitative estimate of drug-likeness (QED) is 0.403. The van der Waals surface area contributed by atoms with Crippen LogP contribution in [0.3, 0.4) is 0 Å². The molecule has 2 aromatic carbocycles. The van der Waals surface area contributed by atoms with Gasteiger partial charge in [0.25, 0.3) is 5.91 Å². The van der Waals surface area contributed by atoms with E-state index in [9.17, 15) is 14.4 Å². The minimum Gasteiger partial charge on any atom is -0.370 e. The van der Waals surface area contributed by atoms with Gasteiger partial charge in [0.1, 0.15) is 0 Å². The molecule has 0 aliphatic rings. The number of H-pyrrole nitrogens is 1. The van der Waals surface area contributed by atoms with Gasteiger partial charge in [-0.2, -0.15) is 5.10 Å². The maximum absolute atomic E-state index is 13.0. The lowest BCUT2D eigenvalue weighted by atomic mass is 10.0. The first-order valence-corrected chi connectivity index (χ1v) is 9.67. The van der Waals surface area contributed by atoms with E-state index in [0.29, 0.717) is 33.1 Å². The summed E-state index contributed by atoms with van der Waals surface area (Å²) in [5, 5.41) is 12.7. The van der Waals surface area contributed by atoms with Crippen LogP contribution in [-0.2, 0) is 9.59 Å². The molecule has 0 saturated carbocycles. The molecule has 0 radical (unpaired) electrons. The lowest BCUT2D eigenvalue weighted by Crippen LogP contribution is -2.32. The summed E-state index contributed by atoms with van der Waals surface area (Å²) in [6.45, 7) is 3.41. The van der Waals surface area contributed by atoms with Gasteiger partial charge in [0.2, 0.25) is 11.8 Å². The molecule has 158 valence electrons. The molecule has 0 unspecified atom stereocenters. The normalized spacial score (nSPS) is 11.4. The van der Waals surface area contributed by atoms with Gasteiger partial charge >= 0.3 is 0 Å². The summed E-state index contributed by atoms with van der Waals surface area (Å²) in [5.41, 5.74) is 8.08. The number of rotatable bonds is 8. The van der Waals surface area contributed by atoms with Crippen molar-refractivity contribution in [2.75, 3.05) is 5.32 Å². The Kier molecular flexibility index (Phi) is 6.84. The fourth-order valence-corrected chi connectivity index (χ4v) is 3.20. The Balaban J connectivity index is 1.82. The smallest absolute Gasteiger partial charge is 0.255 e. The van der Waals surface area contributed by atoms with Crippen LogP contribution in [0, 0.1) is 0 Å². The molecule has 0 bridgehead atoms. The molecule has 1 aromatic heterocycles. The van der Waals surface area contributed by atoms with E-state index >= 15 is 0 Å². The third kappa shape index (κ3) is 5.58. The molecular weight excluding hydrogens is 418 g/mol. The van der Waals surface area contributed by atoms with E-state index in [1.165, 1.54) is 12.3 Å². The Labute approximate surface area is 183 Å². The summed E-state index contributed by atoms with van der Waals surface area (Å²) in [6.07, 6.45) is 2.49. The standard InChI is InChI=1S/C22H20ClN5O3/c1-2-20(30)26-16-8-6-13(7-9-16)21-17(12-25-28-21)22(31)27-18(11-19(24)29)14-4-3-5-15(23)10-14/h2-10,12,18H,1,11H2,(H2,24,29)(H,25,28)(H,26,30)(H,27,31)/t18-/m0/s1. The highest BCUT2D eigenvalue weighted by Crippen LogP contribution is 2.25. The van der Waals surface area contributed by atoms with Gasteiger partial charge in [-0.25, -0.2) is 0 Å². The zero-order chi connectivity index (χ0) is 22.4. The fourth-order valence-electron chi connectivity index (χ4n) is 3.00. The number of nitrogens with zero attached hydrogens (tertiary/aromatic N) is 1. The van der Waals surface area contributed by atoms with Gasteiger partial charge in [0.15, 0.2) is 0 Å². The van der Waals surface area contributed by atoms with E-state index in [4.69, 9.17) is 17.3 Å². The molecule has 0 aliphatic heterocycles. The van der Waals surface area contributed by atoms with Gasteiger partial charge in [-0.15, -0.1) is 0 Å². The van der Waals surface area contributed by atoms with Crippen molar-refractivity contribution in [1.82, 2.24) is 15.5 Å². The molecule has 1 atom stereocenters. The van der Waals surface area contributed by atoms with Crippen molar-refractivity contribution in [3.05, 3.63) is 83.5 Å². The molecular formula is C22H20ClN5O3. The van der Waals surface area contributed by atoms with Crippen molar-refractivity contribution in [2.45, 2.75) is 12.5 Å². The van der Waals surface area contributed by atoms with Gasteiger partial charge < -0.3 is 16.4 Å². The number of benzene rings is 2. The predicted octanol–water partition coefficient (Wildman–Crippen LogP) is 3.20. The zero-order valence-electron chi connectivity index (χ0n) is 16.4. The van der Waals surface area contributed by atoms with E-state index in [-0.39, 0.29) is 12.3 Å². The van der Waals surface area contributed by atoms with E-state index in [0.717, 1.165) is 0 Å². The van der Waals surface area contributed by atoms with Crippen LogP contribution in [0.4, 0.5) is 5.69 Å². The van der Waals surface area contributed by atoms with E-state index in [2.05, 4.69) is 27.4 Å². The van der Waals surface area contributed by atoms with Crippen molar-refractivity contribution in [3.8, 4) is 11.3 Å². The van der Waals surface area contributed by atoms with Gasteiger partial charge in [-0.1, -0.05) is 42.4 Å². The fraction of sp³-hybridized carbons (Fsp3) is 0.0909. The minimum absolute atomic E-state index is 0.0863. The molecule has 3 amide bonds. The number of carbonyl (C=O) groups excluding carboxylic acids is 3. The monoisotopic (exact) mass is 437 g/mol. The number of halogens is 1. The average molecular weight is 438 g/mol. The maximum Gasteiger partial charge on any atom is 0.255 e. The third-order valence-corrected chi connectivity index (χ3v) is 4.71. The first-order valence-electron chi connectivity index (χ1n) is 9.29. The second-order valence-electron chi connectivity index (χ2n) is 6.68. The molecule has 0 fully saturated rings. The number of amides is 3. The summed E-state index contributed by atoms with van der Waals surface area (Å²) in [5.74, 6) is -1.32. The van der Waals surface area contributed by atoms with Crippen LogP contribution in [0.5, 0.6) is 0 Å². The Bertz CT molecular complexity index is 1120. The number of aromatic nitrogens is 2. The van der Waals surface area contributed by atoms with Crippen LogP contribution >= 0.6 is 11.6 Å². The van der Waals surface area contributed by atoms with Crippen LogP contribution in [0.1, 0.15) is 28.4 Å². The van der Waals surface area contributed by atoms with Gasteiger partial charge in [0.05, 0.1) is 29.9 Å². The number of carbonyl (C=O) groups is 3. The third-order valence-electron chi connectivity index (χ3n) is 4.47. The van der Waals surface area contributed by atoms with Crippen molar-refractivity contribution in [1.29, 1.82) is 0 Å². The summed E-state index contributed by atoms with van der Waals surface area (Å²) in [6, 6.07) is 13.1. The molecule has 5 N–H and O–H groups in total. The summed E-state index contributed by atoms with van der Waals surface area (Å²) >= 11 is 6.04.